The largest absolute Gasteiger partial charge is 0.417 e. The SMILES string of the molecule is CC.Nc1ccc(/C=C/C(=O)NCc2cc3cc(-c4ccc(C(=O)N5CC6(COC6)C5)cc4)cc(C(F)(F)F)c3s2)cn1. The lowest BCUT2D eigenvalue weighted by molar-refractivity contribution is -0.176. The van der Waals surface area contributed by atoms with E-state index in [2.05, 4.69) is 10.3 Å². The molecule has 11 heteroatoms. The number of nitrogens with zero attached hydrogens (tertiary/aromatic N) is 2. The average Bonchev–Trinajstić information content (AvgIpc) is 3.37. The van der Waals surface area contributed by atoms with Gasteiger partial charge in [-0.05, 0) is 70.6 Å². The number of rotatable bonds is 6. The van der Waals surface area contributed by atoms with Crippen molar-refractivity contribution in [1.82, 2.24) is 15.2 Å². The van der Waals surface area contributed by atoms with Gasteiger partial charge in [0.1, 0.15) is 5.82 Å². The van der Waals surface area contributed by atoms with E-state index in [1.165, 1.54) is 12.3 Å². The van der Waals surface area contributed by atoms with Gasteiger partial charge < -0.3 is 20.7 Å². The third kappa shape index (κ3) is 6.57. The van der Waals surface area contributed by atoms with Crippen LogP contribution in [-0.2, 0) is 22.3 Å². The zero-order chi connectivity index (χ0) is 30.8. The fraction of sp³-hybridized carbons (Fsp3) is 0.281. The quantitative estimate of drug-likeness (QED) is 0.247. The Balaban J connectivity index is 0.00000180. The van der Waals surface area contributed by atoms with Crippen LogP contribution < -0.4 is 11.1 Å². The second kappa shape index (κ2) is 12.2. The first-order valence-corrected chi connectivity index (χ1v) is 14.7. The Labute approximate surface area is 251 Å². The summed E-state index contributed by atoms with van der Waals surface area (Å²) in [6, 6.07) is 14.5. The molecule has 224 valence electrons. The number of pyridine rings is 1. The lowest BCUT2D eigenvalue weighted by Crippen LogP contribution is -2.67. The second-order valence-electron chi connectivity index (χ2n) is 10.5. The van der Waals surface area contributed by atoms with Gasteiger partial charge in [-0.3, -0.25) is 9.59 Å². The molecule has 0 unspecified atom stereocenters. The van der Waals surface area contributed by atoms with Gasteiger partial charge in [-0.25, -0.2) is 4.98 Å². The number of ether oxygens (including phenoxy) is 1. The molecular weight excluding hydrogens is 577 g/mol. The monoisotopic (exact) mass is 608 g/mol. The Morgan fingerprint density at radius 1 is 1.07 bits per heavy atom. The third-order valence-corrected chi connectivity index (χ3v) is 8.45. The average molecular weight is 609 g/mol. The molecule has 6 rings (SSSR count). The number of fused-ring (bicyclic) bond motifs is 1. The molecular formula is C32H31F3N4O3S. The number of carbonyl (C=O) groups excluding carboxylic acids is 2. The van der Waals surface area contributed by atoms with Crippen LogP contribution in [-0.4, -0.2) is 48.0 Å². The first-order chi connectivity index (χ1) is 20.6. The van der Waals surface area contributed by atoms with Crippen molar-refractivity contribution >= 4 is 45.1 Å². The fourth-order valence-corrected chi connectivity index (χ4v) is 6.17. The van der Waals surface area contributed by atoms with E-state index in [4.69, 9.17) is 10.5 Å². The Morgan fingerprint density at radius 3 is 2.40 bits per heavy atom. The van der Waals surface area contributed by atoms with E-state index in [1.54, 1.807) is 59.5 Å². The fourth-order valence-electron chi connectivity index (χ4n) is 5.06. The van der Waals surface area contributed by atoms with Gasteiger partial charge in [-0.1, -0.05) is 26.0 Å². The third-order valence-electron chi connectivity index (χ3n) is 7.27. The molecule has 0 atom stereocenters. The number of benzene rings is 2. The maximum atomic E-state index is 14.1. The number of halogens is 3. The summed E-state index contributed by atoms with van der Waals surface area (Å²) in [6.45, 7) is 6.76. The van der Waals surface area contributed by atoms with Crippen molar-refractivity contribution in [3.63, 3.8) is 0 Å². The molecule has 2 aliphatic rings. The summed E-state index contributed by atoms with van der Waals surface area (Å²) in [5.41, 5.74) is 7.07. The van der Waals surface area contributed by atoms with E-state index in [9.17, 15) is 22.8 Å². The van der Waals surface area contributed by atoms with E-state index in [0.29, 0.717) is 64.6 Å². The number of likely N-dealkylation sites (tertiary alicyclic amines) is 1. The number of nitrogens with two attached hydrogens (primary N) is 1. The first kappa shape index (κ1) is 30.2. The number of hydrogen-bond donors (Lipinski definition) is 2. The van der Waals surface area contributed by atoms with Crippen molar-refractivity contribution in [1.29, 1.82) is 0 Å². The summed E-state index contributed by atoms with van der Waals surface area (Å²) in [5.74, 6) is -0.116. The Bertz CT molecular complexity index is 1650. The van der Waals surface area contributed by atoms with Crippen LogP contribution in [0.3, 0.4) is 0 Å². The standard InChI is InChI=1S/C30H25F3N4O3S.C2H6/c31-30(32,33)24-11-21(19-3-5-20(6-4-19)28(39)37-14-29(15-37)16-40-17-29)9-22-10-23(41-27(22)24)13-36-26(38)8-2-18-1-7-25(34)35-12-18;1-2/h1-12H,13-17H2,(H2,34,35)(H,36,38);1-2H3/b8-2+;. The Kier molecular flexibility index (Phi) is 8.57. The molecule has 0 radical (unpaired) electrons. The summed E-state index contributed by atoms with van der Waals surface area (Å²) >= 11 is 0.996. The first-order valence-electron chi connectivity index (χ1n) is 13.9. The lowest BCUT2D eigenvalue weighted by atomic mass is 9.78. The van der Waals surface area contributed by atoms with Crippen LogP contribution in [0.2, 0.25) is 0 Å². The summed E-state index contributed by atoms with van der Waals surface area (Å²) in [4.78, 5) is 31.4. The molecule has 7 nitrogen and oxygen atoms in total. The maximum Gasteiger partial charge on any atom is 0.417 e. The number of anilines is 1. The molecule has 0 saturated carbocycles. The van der Waals surface area contributed by atoms with Crippen LogP contribution in [0.5, 0.6) is 0 Å². The van der Waals surface area contributed by atoms with Gasteiger partial charge in [0.05, 0.1) is 30.7 Å². The summed E-state index contributed by atoms with van der Waals surface area (Å²) in [5, 5.41) is 3.14. The summed E-state index contributed by atoms with van der Waals surface area (Å²) in [6.07, 6.45) is -0.137. The molecule has 2 aliphatic heterocycles. The van der Waals surface area contributed by atoms with Crippen LogP contribution in [0, 0.1) is 5.41 Å². The molecule has 3 N–H and O–H groups in total. The molecule has 2 aromatic carbocycles. The number of alkyl halides is 3. The van der Waals surface area contributed by atoms with Crippen LogP contribution in [0.15, 0.2) is 66.9 Å². The normalized spacial score (nSPS) is 15.5. The van der Waals surface area contributed by atoms with Crippen molar-refractivity contribution in [2.45, 2.75) is 26.6 Å². The Morgan fingerprint density at radius 2 is 1.79 bits per heavy atom. The number of amides is 2. The number of hydrogen-bond acceptors (Lipinski definition) is 6. The number of nitrogen functional groups attached to an aromatic ring is 1. The van der Waals surface area contributed by atoms with E-state index >= 15 is 0 Å². The zero-order valence-electron chi connectivity index (χ0n) is 23.7. The van der Waals surface area contributed by atoms with Crippen LogP contribution >= 0.6 is 11.3 Å². The smallest absolute Gasteiger partial charge is 0.384 e. The predicted octanol–water partition coefficient (Wildman–Crippen LogP) is 6.39. The minimum Gasteiger partial charge on any atom is -0.384 e. The summed E-state index contributed by atoms with van der Waals surface area (Å²) < 4.78 is 47.6. The van der Waals surface area contributed by atoms with Crippen molar-refractivity contribution in [3.8, 4) is 11.1 Å². The van der Waals surface area contributed by atoms with Gasteiger partial charge in [0.25, 0.3) is 5.91 Å². The van der Waals surface area contributed by atoms with E-state index in [1.807, 2.05) is 13.8 Å². The molecule has 4 heterocycles. The van der Waals surface area contributed by atoms with E-state index < -0.39 is 11.7 Å². The molecule has 43 heavy (non-hydrogen) atoms. The molecule has 2 saturated heterocycles. The van der Waals surface area contributed by atoms with Crippen molar-refractivity contribution in [2.24, 2.45) is 5.41 Å². The highest BCUT2D eigenvalue weighted by Crippen LogP contribution is 2.42. The van der Waals surface area contributed by atoms with Gasteiger partial charge in [0, 0.05) is 40.5 Å². The van der Waals surface area contributed by atoms with Crippen molar-refractivity contribution in [2.75, 3.05) is 32.0 Å². The number of aromatic nitrogens is 1. The van der Waals surface area contributed by atoms with Gasteiger partial charge >= 0.3 is 6.18 Å². The highest BCUT2D eigenvalue weighted by atomic mass is 32.1. The highest BCUT2D eigenvalue weighted by Gasteiger charge is 2.50. The van der Waals surface area contributed by atoms with Gasteiger partial charge in [0.2, 0.25) is 5.91 Å². The molecule has 2 aromatic heterocycles. The molecule has 1 spiro atoms. The maximum absolute atomic E-state index is 14.1. The van der Waals surface area contributed by atoms with Gasteiger partial charge in [-0.2, -0.15) is 13.2 Å². The van der Waals surface area contributed by atoms with Gasteiger partial charge in [-0.15, -0.1) is 11.3 Å². The predicted molar refractivity (Wildman–Crippen MR) is 162 cm³/mol. The summed E-state index contributed by atoms with van der Waals surface area (Å²) in [7, 11) is 0. The molecule has 2 amide bonds. The van der Waals surface area contributed by atoms with Crippen LogP contribution in [0.25, 0.3) is 27.3 Å². The highest BCUT2D eigenvalue weighted by molar-refractivity contribution is 7.19. The number of nitrogens with one attached hydrogen (secondary N) is 1. The van der Waals surface area contributed by atoms with E-state index in [0.717, 1.165) is 17.4 Å². The second-order valence-corrected chi connectivity index (χ2v) is 11.6. The van der Waals surface area contributed by atoms with Crippen molar-refractivity contribution < 1.29 is 27.5 Å². The topological polar surface area (TPSA) is 97.5 Å². The Hall–Kier alpha value is -4.22. The zero-order valence-corrected chi connectivity index (χ0v) is 24.5. The molecule has 0 bridgehead atoms. The number of carbonyl (C=O) groups is 2. The minimum atomic E-state index is -4.57. The molecule has 0 aliphatic carbocycles. The lowest BCUT2D eigenvalue weighted by Gasteiger charge is -2.54. The van der Waals surface area contributed by atoms with Gasteiger partial charge in [0.15, 0.2) is 0 Å². The van der Waals surface area contributed by atoms with Crippen molar-refractivity contribution in [3.05, 3.63) is 88.4 Å². The van der Waals surface area contributed by atoms with E-state index in [-0.39, 0.29) is 28.5 Å². The number of thiophene rings is 1. The van der Waals surface area contributed by atoms with Crippen LogP contribution in [0.4, 0.5) is 19.0 Å². The molecule has 2 fully saturated rings. The van der Waals surface area contributed by atoms with Crippen LogP contribution in [0.1, 0.15) is 40.2 Å². The molecule has 4 aromatic rings. The minimum absolute atomic E-state index is 0.0792.